The number of aromatic hydroxyl groups is 1. The minimum Gasteiger partial charge on any atom is -0.508 e. The van der Waals surface area contributed by atoms with Crippen LogP contribution < -0.4 is 4.74 Å². The molecule has 0 heterocycles. The van der Waals surface area contributed by atoms with E-state index in [2.05, 4.69) is 0 Å². The smallest absolute Gasteiger partial charge is 0.119 e. The molecule has 0 aromatic heterocycles. The Bertz CT molecular complexity index is 505. The number of ether oxygens (including phenoxy) is 1. The Hall–Kier alpha value is -2.00. The highest BCUT2D eigenvalue weighted by Gasteiger charge is 2.08. The highest BCUT2D eigenvalue weighted by Crippen LogP contribution is 2.19. The number of phenolic OH excluding ortho intramolecular Hbond substituents is 1. The van der Waals surface area contributed by atoms with E-state index in [-0.39, 0.29) is 12.4 Å². The number of phenols is 1. The van der Waals surface area contributed by atoms with Crippen LogP contribution in [0, 0.1) is 6.92 Å². The first-order chi connectivity index (χ1) is 8.65. The second kappa shape index (κ2) is 5.56. The van der Waals surface area contributed by atoms with E-state index in [0.29, 0.717) is 0 Å². The van der Waals surface area contributed by atoms with Crippen molar-refractivity contribution in [3.8, 4) is 11.5 Å². The molecule has 0 spiro atoms. The highest BCUT2D eigenvalue weighted by atomic mass is 16.5. The van der Waals surface area contributed by atoms with Gasteiger partial charge in [-0.3, -0.25) is 0 Å². The summed E-state index contributed by atoms with van der Waals surface area (Å²) in [6, 6.07) is 14.1. The molecule has 3 heteroatoms. The summed E-state index contributed by atoms with van der Waals surface area (Å²) in [5, 5.41) is 19.1. The third-order valence-electron chi connectivity index (χ3n) is 2.68. The van der Waals surface area contributed by atoms with Crippen LogP contribution in [0.5, 0.6) is 11.5 Å². The fourth-order valence-electron chi connectivity index (χ4n) is 1.67. The molecule has 0 saturated heterocycles. The fraction of sp³-hybridized carbons (Fsp3) is 0.200. The van der Waals surface area contributed by atoms with Crippen molar-refractivity contribution < 1.29 is 14.9 Å². The molecule has 0 radical (unpaired) electrons. The minimum atomic E-state index is -0.703. The zero-order chi connectivity index (χ0) is 13.0. The van der Waals surface area contributed by atoms with E-state index in [9.17, 15) is 5.11 Å². The average Bonchev–Trinajstić information content (AvgIpc) is 2.37. The Morgan fingerprint density at radius 3 is 2.50 bits per heavy atom. The number of benzene rings is 2. The monoisotopic (exact) mass is 244 g/mol. The Morgan fingerprint density at radius 1 is 1.11 bits per heavy atom. The summed E-state index contributed by atoms with van der Waals surface area (Å²) in [5.74, 6) is 0.929. The largest absolute Gasteiger partial charge is 0.508 e. The van der Waals surface area contributed by atoms with Crippen molar-refractivity contribution in [2.24, 2.45) is 0 Å². The van der Waals surface area contributed by atoms with Crippen molar-refractivity contribution in [2.75, 3.05) is 6.61 Å². The van der Waals surface area contributed by atoms with Crippen molar-refractivity contribution in [1.29, 1.82) is 0 Å². The van der Waals surface area contributed by atoms with Gasteiger partial charge in [-0.2, -0.15) is 0 Å². The van der Waals surface area contributed by atoms with Gasteiger partial charge in [-0.25, -0.2) is 0 Å². The Labute approximate surface area is 106 Å². The molecule has 0 bridgehead atoms. The van der Waals surface area contributed by atoms with Crippen molar-refractivity contribution in [3.05, 3.63) is 59.7 Å². The standard InChI is InChI=1S/C15H16O3/c1-11-3-2-4-14(9-11)18-10-15(17)12-5-7-13(16)8-6-12/h2-9,15-17H,10H2,1H3. The number of aliphatic hydroxyl groups excluding tert-OH is 1. The summed E-state index contributed by atoms with van der Waals surface area (Å²) < 4.78 is 5.52. The van der Waals surface area contributed by atoms with Crippen LogP contribution in [-0.2, 0) is 0 Å². The molecule has 2 rings (SSSR count). The van der Waals surface area contributed by atoms with E-state index in [1.54, 1.807) is 24.3 Å². The van der Waals surface area contributed by atoms with Gasteiger partial charge in [0.25, 0.3) is 0 Å². The van der Waals surface area contributed by atoms with Gasteiger partial charge in [0.1, 0.15) is 24.2 Å². The number of hydrogen-bond acceptors (Lipinski definition) is 3. The molecule has 3 nitrogen and oxygen atoms in total. The van der Waals surface area contributed by atoms with E-state index in [0.717, 1.165) is 16.9 Å². The van der Waals surface area contributed by atoms with Crippen LogP contribution in [0.15, 0.2) is 48.5 Å². The molecule has 0 saturated carbocycles. The van der Waals surface area contributed by atoms with E-state index in [4.69, 9.17) is 9.84 Å². The van der Waals surface area contributed by atoms with Gasteiger partial charge in [0.15, 0.2) is 0 Å². The summed E-state index contributed by atoms with van der Waals surface area (Å²) in [7, 11) is 0. The average molecular weight is 244 g/mol. The van der Waals surface area contributed by atoms with Gasteiger partial charge in [0.05, 0.1) is 0 Å². The molecule has 94 valence electrons. The lowest BCUT2D eigenvalue weighted by Gasteiger charge is -2.13. The summed E-state index contributed by atoms with van der Waals surface area (Å²) in [4.78, 5) is 0. The van der Waals surface area contributed by atoms with Crippen LogP contribution in [0.25, 0.3) is 0 Å². The van der Waals surface area contributed by atoms with Gasteiger partial charge in [0.2, 0.25) is 0 Å². The zero-order valence-corrected chi connectivity index (χ0v) is 10.2. The molecule has 1 atom stereocenters. The molecule has 2 aromatic rings. The maximum Gasteiger partial charge on any atom is 0.119 e. The summed E-state index contributed by atoms with van der Waals surface area (Å²) in [6.45, 7) is 2.18. The van der Waals surface area contributed by atoms with Gasteiger partial charge in [-0.15, -0.1) is 0 Å². The number of aryl methyl sites for hydroxylation is 1. The van der Waals surface area contributed by atoms with E-state index >= 15 is 0 Å². The lowest BCUT2D eigenvalue weighted by Crippen LogP contribution is -2.09. The van der Waals surface area contributed by atoms with Crippen LogP contribution in [-0.4, -0.2) is 16.8 Å². The van der Waals surface area contributed by atoms with Crippen LogP contribution in [0.3, 0.4) is 0 Å². The molecule has 0 aliphatic heterocycles. The van der Waals surface area contributed by atoms with Crippen LogP contribution in [0.1, 0.15) is 17.2 Å². The second-order valence-corrected chi connectivity index (χ2v) is 4.23. The lowest BCUT2D eigenvalue weighted by atomic mass is 10.1. The van der Waals surface area contributed by atoms with Crippen LogP contribution in [0.4, 0.5) is 0 Å². The highest BCUT2D eigenvalue weighted by molar-refractivity contribution is 5.29. The topological polar surface area (TPSA) is 49.7 Å². The first-order valence-corrected chi connectivity index (χ1v) is 5.81. The van der Waals surface area contributed by atoms with Crippen LogP contribution in [0.2, 0.25) is 0 Å². The van der Waals surface area contributed by atoms with Gasteiger partial charge in [-0.1, -0.05) is 24.3 Å². The molecule has 0 amide bonds. The SMILES string of the molecule is Cc1cccc(OCC(O)c2ccc(O)cc2)c1. The van der Waals surface area contributed by atoms with E-state index < -0.39 is 6.10 Å². The Balaban J connectivity index is 1.96. The van der Waals surface area contributed by atoms with E-state index in [1.807, 2.05) is 31.2 Å². The predicted molar refractivity (Wildman–Crippen MR) is 69.7 cm³/mol. The zero-order valence-electron chi connectivity index (χ0n) is 10.2. The normalized spacial score (nSPS) is 12.1. The van der Waals surface area contributed by atoms with Gasteiger partial charge in [-0.05, 0) is 42.3 Å². The summed E-state index contributed by atoms with van der Waals surface area (Å²) in [6.07, 6.45) is -0.703. The number of aliphatic hydroxyl groups is 1. The van der Waals surface area contributed by atoms with Gasteiger partial charge >= 0.3 is 0 Å². The molecule has 2 N–H and O–H groups in total. The number of rotatable bonds is 4. The maximum atomic E-state index is 9.94. The fourth-order valence-corrected chi connectivity index (χ4v) is 1.67. The van der Waals surface area contributed by atoms with Crippen molar-refractivity contribution in [2.45, 2.75) is 13.0 Å². The molecule has 18 heavy (non-hydrogen) atoms. The molecule has 0 aliphatic carbocycles. The van der Waals surface area contributed by atoms with Crippen molar-refractivity contribution in [3.63, 3.8) is 0 Å². The molecule has 0 aliphatic rings. The summed E-state index contributed by atoms with van der Waals surface area (Å²) in [5.41, 5.74) is 1.84. The van der Waals surface area contributed by atoms with Gasteiger partial charge in [0, 0.05) is 0 Å². The molecule has 2 aromatic carbocycles. The second-order valence-electron chi connectivity index (χ2n) is 4.23. The molecule has 1 unspecified atom stereocenters. The van der Waals surface area contributed by atoms with Crippen LogP contribution >= 0.6 is 0 Å². The predicted octanol–water partition coefficient (Wildman–Crippen LogP) is 2.81. The Kier molecular flexibility index (Phi) is 3.85. The third kappa shape index (κ3) is 3.25. The number of hydrogen-bond donors (Lipinski definition) is 2. The third-order valence-corrected chi connectivity index (χ3v) is 2.68. The molecular formula is C15H16O3. The molecule has 0 fully saturated rings. The first-order valence-electron chi connectivity index (χ1n) is 5.81. The maximum absolute atomic E-state index is 9.94. The molecular weight excluding hydrogens is 228 g/mol. The minimum absolute atomic E-state index is 0.186. The van der Waals surface area contributed by atoms with Crippen molar-refractivity contribution in [1.82, 2.24) is 0 Å². The lowest BCUT2D eigenvalue weighted by molar-refractivity contribution is 0.108. The van der Waals surface area contributed by atoms with E-state index in [1.165, 1.54) is 0 Å². The van der Waals surface area contributed by atoms with Gasteiger partial charge < -0.3 is 14.9 Å². The Morgan fingerprint density at radius 2 is 1.83 bits per heavy atom. The first kappa shape index (κ1) is 12.5. The quantitative estimate of drug-likeness (QED) is 0.869. The van der Waals surface area contributed by atoms with Crippen molar-refractivity contribution >= 4 is 0 Å². The summed E-state index contributed by atoms with van der Waals surface area (Å²) >= 11 is 0.